The first-order valence-electron chi connectivity index (χ1n) is 5.95. The number of hydrogen-bond acceptors (Lipinski definition) is 4. The van der Waals surface area contributed by atoms with Crippen LogP contribution in [0, 0.1) is 5.92 Å². The number of nitrogens with one attached hydrogen (secondary N) is 1. The van der Waals surface area contributed by atoms with Gasteiger partial charge in [-0.25, -0.2) is 0 Å². The molecule has 0 aliphatic heterocycles. The van der Waals surface area contributed by atoms with E-state index in [1.165, 1.54) is 45.1 Å². The van der Waals surface area contributed by atoms with Crippen LogP contribution in [-0.2, 0) is 10.4 Å². The quantitative estimate of drug-likeness (QED) is 0.352. The highest BCUT2D eigenvalue weighted by atomic mass is 32.3. The molecule has 5 nitrogen and oxygen atoms in total. The molecule has 3 N–H and O–H groups in total. The van der Waals surface area contributed by atoms with Crippen molar-refractivity contribution in [3.63, 3.8) is 0 Å². The van der Waals surface area contributed by atoms with E-state index < -0.39 is 10.4 Å². The van der Waals surface area contributed by atoms with Crippen LogP contribution in [0.3, 0.4) is 0 Å². The molecule has 0 saturated heterocycles. The maximum Gasteiger partial charge on any atom is 0.394 e. The summed E-state index contributed by atoms with van der Waals surface area (Å²) >= 11 is 4.16. The molecule has 0 unspecified atom stereocenters. The molecule has 1 rings (SSSR count). The second kappa shape index (κ2) is 10.1. The van der Waals surface area contributed by atoms with Crippen molar-refractivity contribution in [3.05, 3.63) is 0 Å². The van der Waals surface area contributed by atoms with Crippen LogP contribution in [0.1, 0.15) is 38.5 Å². The van der Waals surface area contributed by atoms with Gasteiger partial charge < -0.3 is 5.32 Å². The Balaban J connectivity index is 0.000000437. The maximum atomic E-state index is 8.74. The van der Waals surface area contributed by atoms with Crippen LogP contribution >= 0.6 is 12.6 Å². The van der Waals surface area contributed by atoms with Crippen LogP contribution in [0.15, 0.2) is 0 Å². The van der Waals surface area contributed by atoms with Crippen molar-refractivity contribution in [3.8, 4) is 0 Å². The van der Waals surface area contributed by atoms with Crippen LogP contribution in [0.5, 0.6) is 0 Å². The van der Waals surface area contributed by atoms with Gasteiger partial charge in [0.1, 0.15) is 0 Å². The van der Waals surface area contributed by atoms with Crippen molar-refractivity contribution in [2.75, 3.05) is 18.8 Å². The van der Waals surface area contributed by atoms with Crippen molar-refractivity contribution < 1.29 is 17.5 Å². The van der Waals surface area contributed by atoms with Gasteiger partial charge in [-0.1, -0.05) is 32.1 Å². The van der Waals surface area contributed by atoms with E-state index in [-0.39, 0.29) is 0 Å². The molecule has 104 valence electrons. The van der Waals surface area contributed by atoms with E-state index in [1.54, 1.807) is 0 Å². The molecule has 17 heavy (non-hydrogen) atoms. The van der Waals surface area contributed by atoms with Crippen molar-refractivity contribution in [2.45, 2.75) is 38.5 Å². The lowest BCUT2D eigenvalue weighted by Crippen LogP contribution is -2.21. The fourth-order valence-corrected chi connectivity index (χ4v) is 2.14. The van der Waals surface area contributed by atoms with Crippen LogP contribution in [0.4, 0.5) is 0 Å². The Bertz CT molecular complexity index is 255. The van der Waals surface area contributed by atoms with Gasteiger partial charge in [0.2, 0.25) is 0 Å². The largest absolute Gasteiger partial charge is 0.394 e. The van der Waals surface area contributed by atoms with Crippen LogP contribution in [-0.4, -0.2) is 36.4 Å². The first-order valence-corrected chi connectivity index (χ1v) is 7.98. The van der Waals surface area contributed by atoms with Crippen LogP contribution < -0.4 is 5.32 Å². The van der Waals surface area contributed by atoms with E-state index in [9.17, 15) is 0 Å². The Morgan fingerprint density at radius 3 is 2.12 bits per heavy atom. The third-order valence-corrected chi connectivity index (χ3v) is 2.97. The van der Waals surface area contributed by atoms with Crippen molar-refractivity contribution >= 4 is 23.0 Å². The van der Waals surface area contributed by atoms with E-state index in [4.69, 9.17) is 17.5 Å². The molecule has 0 aromatic heterocycles. The average Bonchev–Trinajstić information content (AvgIpc) is 2.24. The minimum Gasteiger partial charge on any atom is -0.316 e. The van der Waals surface area contributed by atoms with E-state index in [2.05, 4.69) is 17.9 Å². The van der Waals surface area contributed by atoms with E-state index in [0.29, 0.717) is 0 Å². The monoisotopic (exact) mass is 285 g/mol. The molecule has 0 amide bonds. The summed E-state index contributed by atoms with van der Waals surface area (Å²) in [5.41, 5.74) is 0. The first-order chi connectivity index (χ1) is 7.93. The predicted octanol–water partition coefficient (Wildman–Crippen LogP) is 1.82. The molecule has 0 aromatic rings. The molecule has 1 fully saturated rings. The maximum absolute atomic E-state index is 8.74. The molecule has 0 radical (unpaired) electrons. The second-order valence-electron chi connectivity index (χ2n) is 4.21. The molecule has 7 heteroatoms. The van der Waals surface area contributed by atoms with Crippen molar-refractivity contribution in [1.29, 1.82) is 0 Å². The van der Waals surface area contributed by atoms with Gasteiger partial charge in [0, 0.05) is 12.3 Å². The number of rotatable bonds is 5. The lowest BCUT2D eigenvalue weighted by atomic mass is 9.87. The van der Waals surface area contributed by atoms with Crippen LogP contribution in [0.25, 0.3) is 0 Å². The molecule has 0 atom stereocenters. The van der Waals surface area contributed by atoms with E-state index in [0.717, 1.165) is 18.2 Å². The standard InChI is InChI=1S/C10H21NS.H2O4S/c12-9-8-11-7-6-10-4-2-1-3-5-10;1-5(2,3)4/h10-12H,1-9H2;(H2,1,2,3,4). The summed E-state index contributed by atoms with van der Waals surface area (Å²) in [5, 5.41) is 3.41. The zero-order valence-electron chi connectivity index (χ0n) is 10.0. The molecule has 0 bridgehead atoms. The lowest BCUT2D eigenvalue weighted by molar-refractivity contribution is 0.335. The zero-order chi connectivity index (χ0) is 13.1. The summed E-state index contributed by atoms with van der Waals surface area (Å²) in [6.45, 7) is 2.26. The third kappa shape index (κ3) is 16.2. The molecule has 1 aliphatic rings. The summed E-state index contributed by atoms with van der Waals surface area (Å²) in [6, 6.07) is 0. The summed E-state index contributed by atoms with van der Waals surface area (Å²) < 4.78 is 31.6. The molecule has 1 aliphatic carbocycles. The van der Waals surface area contributed by atoms with Gasteiger partial charge in [0.25, 0.3) is 0 Å². The summed E-state index contributed by atoms with van der Waals surface area (Å²) in [7, 11) is -4.67. The minimum atomic E-state index is -4.67. The van der Waals surface area contributed by atoms with Gasteiger partial charge in [-0.2, -0.15) is 21.0 Å². The van der Waals surface area contributed by atoms with Crippen molar-refractivity contribution in [1.82, 2.24) is 5.32 Å². The lowest BCUT2D eigenvalue weighted by Gasteiger charge is -2.21. The number of thiol groups is 1. The normalized spacial score (nSPS) is 17.4. The summed E-state index contributed by atoms with van der Waals surface area (Å²) in [6.07, 6.45) is 8.74. The molecule has 0 heterocycles. The topological polar surface area (TPSA) is 86.6 Å². The smallest absolute Gasteiger partial charge is 0.316 e. The second-order valence-corrected chi connectivity index (χ2v) is 5.56. The summed E-state index contributed by atoms with van der Waals surface area (Å²) in [5.74, 6) is 1.98. The zero-order valence-corrected chi connectivity index (χ0v) is 11.7. The SMILES string of the molecule is O=S(=O)(O)O.SCCNCCC1CCCCC1. The van der Waals surface area contributed by atoms with Gasteiger partial charge in [-0.15, -0.1) is 0 Å². The van der Waals surface area contributed by atoms with Gasteiger partial charge >= 0.3 is 10.4 Å². The van der Waals surface area contributed by atoms with Gasteiger partial charge in [0.05, 0.1) is 0 Å². The van der Waals surface area contributed by atoms with Crippen molar-refractivity contribution in [2.24, 2.45) is 5.92 Å². The van der Waals surface area contributed by atoms with E-state index in [1.807, 2.05) is 0 Å². The Labute approximate surface area is 109 Å². The third-order valence-electron chi connectivity index (χ3n) is 2.74. The highest BCUT2D eigenvalue weighted by Gasteiger charge is 2.11. The van der Waals surface area contributed by atoms with Gasteiger partial charge in [-0.3, -0.25) is 9.11 Å². The molecule has 1 saturated carbocycles. The fraction of sp³-hybridized carbons (Fsp3) is 1.00. The minimum absolute atomic E-state index is 0.963. The molecular formula is C10H23NO4S2. The number of hydrogen-bond donors (Lipinski definition) is 4. The molecule has 0 spiro atoms. The Morgan fingerprint density at radius 2 is 1.65 bits per heavy atom. The Morgan fingerprint density at radius 1 is 1.12 bits per heavy atom. The predicted molar refractivity (Wildman–Crippen MR) is 72.1 cm³/mol. The molecule has 0 aromatic carbocycles. The Hall–Kier alpha value is 0.180. The Kier molecular flexibility index (Phi) is 10.2. The highest BCUT2D eigenvalue weighted by molar-refractivity contribution is 7.80. The van der Waals surface area contributed by atoms with E-state index >= 15 is 0 Å². The summed E-state index contributed by atoms with van der Waals surface area (Å²) in [4.78, 5) is 0. The molecular weight excluding hydrogens is 262 g/mol. The van der Waals surface area contributed by atoms with Crippen LogP contribution in [0.2, 0.25) is 0 Å². The van der Waals surface area contributed by atoms with Gasteiger partial charge in [-0.05, 0) is 18.9 Å². The fourth-order valence-electron chi connectivity index (χ4n) is 1.99. The first kappa shape index (κ1) is 17.2. The van der Waals surface area contributed by atoms with Gasteiger partial charge in [0.15, 0.2) is 0 Å². The highest BCUT2D eigenvalue weighted by Crippen LogP contribution is 2.25. The average molecular weight is 285 g/mol.